The first-order valence-corrected chi connectivity index (χ1v) is 8.13. The number of amides is 2. The van der Waals surface area contributed by atoms with Gasteiger partial charge in [0, 0.05) is 10.1 Å². The molecular formula is C15H18FIN2O4. The summed E-state index contributed by atoms with van der Waals surface area (Å²) in [7, 11) is 0. The van der Waals surface area contributed by atoms with Crippen molar-refractivity contribution in [2.24, 2.45) is 0 Å². The van der Waals surface area contributed by atoms with Gasteiger partial charge in [0.05, 0.1) is 11.7 Å². The van der Waals surface area contributed by atoms with E-state index in [1.807, 2.05) is 22.6 Å². The maximum absolute atomic E-state index is 13.7. The van der Waals surface area contributed by atoms with Gasteiger partial charge in [-0.2, -0.15) is 0 Å². The van der Waals surface area contributed by atoms with E-state index in [-0.39, 0.29) is 13.2 Å². The number of cyclic esters (lactones) is 1. The Bertz CT molecular complexity index is 618. The summed E-state index contributed by atoms with van der Waals surface area (Å²) < 4.78 is 24.3. The Balaban J connectivity index is 2.05. The molecule has 2 amide bonds. The number of carbonyl (C=O) groups excluding carboxylic acids is 2. The second-order valence-corrected chi connectivity index (χ2v) is 7.24. The lowest BCUT2D eigenvalue weighted by Crippen LogP contribution is -2.44. The van der Waals surface area contributed by atoms with Crippen LogP contribution in [0.25, 0.3) is 0 Å². The normalized spacial score (nSPS) is 17.9. The Morgan fingerprint density at radius 3 is 2.83 bits per heavy atom. The van der Waals surface area contributed by atoms with Crippen molar-refractivity contribution < 1.29 is 23.5 Å². The molecule has 0 unspecified atom stereocenters. The van der Waals surface area contributed by atoms with Crippen LogP contribution in [0.15, 0.2) is 18.2 Å². The summed E-state index contributed by atoms with van der Waals surface area (Å²) in [5.74, 6) is -0.415. The van der Waals surface area contributed by atoms with Crippen LogP contribution < -0.4 is 10.2 Å². The molecule has 1 heterocycles. The van der Waals surface area contributed by atoms with Crippen LogP contribution in [0, 0.1) is 9.39 Å². The molecule has 1 aromatic rings. The van der Waals surface area contributed by atoms with Crippen LogP contribution in [0.4, 0.5) is 19.7 Å². The standard InChI is InChI=1S/C15H18FIN2O4/c1-15(2,3)23-13(20)18-7-10-8-22-14(21)19(10)9-4-5-12(17)11(16)6-9/h4-6,10H,7-8H2,1-3H3,(H,18,20)/t10-/m0/s1. The molecule has 0 radical (unpaired) electrons. The van der Waals surface area contributed by atoms with E-state index in [1.165, 1.54) is 11.0 Å². The van der Waals surface area contributed by atoms with E-state index in [9.17, 15) is 14.0 Å². The van der Waals surface area contributed by atoms with E-state index in [0.29, 0.717) is 9.26 Å². The molecule has 1 atom stereocenters. The lowest BCUT2D eigenvalue weighted by molar-refractivity contribution is 0.0524. The minimum Gasteiger partial charge on any atom is -0.447 e. The van der Waals surface area contributed by atoms with Crippen molar-refractivity contribution in [1.82, 2.24) is 5.32 Å². The Morgan fingerprint density at radius 2 is 2.22 bits per heavy atom. The van der Waals surface area contributed by atoms with E-state index < -0.39 is 29.6 Å². The van der Waals surface area contributed by atoms with E-state index in [2.05, 4.69) is 5.32 Å². The number of ether oxygens (including phenoxy) is 2. The summed E-state index contributed by atoms with van der Waals surface area (Å²) in [5.41, 5.74) is -0.216. The molecule has 0 aromatic heterocycles. The van der Waals surface area contributed by atoms with Crippen molar-refractivity contribution in [3.05, 3.63) is 27.6 Å². The van der Waals surface area contributed by atoms with Gasteiger partial charge in [0.1, 0.15) is 18.0 Å². The zero-order valence-corrected chi connectivity index (χ0v) is 15.2. The predicted molar refractivity (Wildman–Crippen MR) is 91.0 cm³/mol. The van der Waals surface area contributed by atoms with Crippen molar-refractivity contribution in [3.63, 3.8) is 0 Å². The predicted octanol–water partition coefficient (Wildman–Crippen LogP) is 3.28. The average molecular weight is 436 g/mol. The van der Waals surface area contributed by atoms with Gasteiger partial charge < -0.3 is 14.8 Å². The van der Waals surface area contributed by atoms with Crippen LogP contribution in [-0.2, 0) is 9.47 Å². The number of hydrogen-bond donors (Lipinski definition) is 1. The molecule has 2 rings (SSSR count). The minimum atomic E-state index is -0.606. The van der Waals surface area contributed by atoms with E-state index in [1.54, 1.807) is 32.9 Å². The van der Waals surface area contributed by atoms with Crippen LogP contribution in [-0.4, -0.2) is 37.0 Å². The van der Waals surface area contributed by atoms with E-state index >= 15 is 0 Å². The lowest BCUT2D eigenvalue weighted by Gasteiger charge is -2.24. The Hall–Kier alpha value is -1.58. The number of hydrogen-bond acceptors (Lipinski definition) is 4. The third-order valence-electron chi connectivity index (χ3n) is 3.02. The molecule has 0 aliphatic carbocycles. The number of benzene rings is 1. The van der Waals surface area contributed by atoms with Gasteiger partial charge in [-0.05, 0) is 61.6 Å². The molecule has 1 aliphatic rings. The highest BCUT2D eigenvalue weighted by Gasteiger charge is 2.35. The first-order chi connectivity index (χ1) is 10.7. The highest BCUT2D eigenvalue weighted by Crippen LogP contribution is 2.25. The summed E-state index contributed by atoms with van der Waals surface area (Å²) >= 11 is 1.87. The summed E-state index contributed by atoms with van der Waals surface area (Å²) in [6.45, 7) is 5.54. The Labute approximate surface area is 147 Å². The molecule has 8 heteroatoms. The fourth-order valence-corrected chi connectivity index (χ4v) is 2.41. The Morgan fingerprint density at radius 1 is 1.52 bits per heavy atom. The average Bonchev–Trinajstić information content (AvgIpc) is 2.79. The monoisotopic (exact) mass is 436 g/mol. The molecule has 6 nitrogen and oxygen atoms in total. The molecule has 0 saturated carbocycles. The van der Waals surface area contributed by atoms with Gasteiger partial charge in [-0.15, -0.1) is 0 Å². The van der Waals surface area contributed by atoms with Gasteiger partial charge in [-0.1, -0.05) is 0 Å². The van der Waals surface area contributed by atoms with Crippen molar-refractivity contribution in [1.29, 1.82) is 0 Å². The van der Waals surface area contributed by atoms with Gasteiger partial charge in [-0.3, -0.25) is 4.90 Å². The van der Waals surface area contributed by atoms with E-state index in [4.69, 9.17) is 9.47 Å². The minimum absolute atomic E-state index is 0.113. The van der Waals surface area contributed by atoms with Crippen molar-refractivity contribution in [3.8, 4) is 0 Å². The lowest BCUT2D eigenvalue weighted by atomic mass is 10.2. The molecule has 1 fully saturated rings. The second-order valence-electron chi connectivity index (χ2n) is 6.08. The second kappa shape index (κ2) is 6.90. The smallest absolute Gasteiger partial charge is 0.414 e. The number of nitrogens with one attached hydrogen (secondary N) is 1. The summed E-state index contributed by atoms with van der Waals surface area (Å²) in [6, 6.07) is 4.07. The zero-order valence-electron chi connectivity index (χ0n) is 13.1. The SMILES string of the molecule is CC(C)(C)OC(=O)NC[C@H]1COC(=O)N1c1ccc(I)c(F)c1. The van der Waals surface area contributed by atoms with E-state index in [0.717, 1.165) is 0 Å². The van der Waals surface area contributed by atoms with Crippen LogP contribution in [0.5, 0.6) is 0 Å². The molecule has 1 saturated heterocycles. The molecular weight excluding hydrogens is 418 g/mol. The van der Waals surface area contributed by atoms with Crippen molar-refractivity contribution in [2.45, 2.75) is 32.4 Å². The van der Waals surface area contributed by atoms with Crippen LogP contribution in [0.1, 0.15) is 20.8 Å². The number of rotatable bonds is 3. The number of halogens is 2. The topological polar surface area (TPSA) is 67.9 Å². The molecule has 0 spiro atoms. The van der Waals surface area contributed by atoms with Gasteiger partial charge in [0.2, 0.25) is 0 Å². The number of nitrogens with zero attached hydrogens (tertiary/aromatic N) is 1. The fourth-order valence-electron chi connectivity index (χ4n) is 2.08. The molecule has 23 heavy (non-hydrogen) atoms. The molecule has 1 aliphatic heterocycles. The Kier molecular flexibility index (Phi) is 5.33. The maximum Gasteiger partial charge on any atom is 0.414 e. The fraction of sp³-hybridized carbons (Fsp3) is 0.467. The van der Waals surface area contributed by atoms with Gasteiger partial charge >= 0.3 is 12.2 Å². The first kappa shape index (κ1) is 17.8. The quantitative estimate of drug-likeness (QED) is 0.739. The van der Waals surface area contributed by atoms with Crippen LogP contribution >= 0.6 is 22.6 Å². The maximum atomic E-state index is 13.7. The van der Waals surface area contributed by atoms with Gasteiger partial charge in [0.25, 0.3) is 0 Å². The highest BCUT2D eigenvalue weighted by atomic mass is 127. The molecule has 1 aromatic carbocycles. The third kappa shape index (κ3) is 4.69. The summed E-state index contributed by atoms with van der Waals surface area (Å²) in [5, 5.41) is 2.60. The van der Waals surface area contributed by atoms with Crippen molar-refractivity contribution >= 4 is 40.5 Å². The summed E-state index contributed by atoms with van der Waals surface area (Å²) in [4.78, 5) is 24.9. The van der Waals surface area contributed by atoms with Crippen LogP contribution in [0.2, 0.25) is 0 Å². The molecule has 126 valence electrons. The number of carbonyl (C=O) groups is 2. The summed E-state index contributed by atoms with van der Waals surface area (Å²) in [6.07, 6.45) is -1.15. The third-order valence-corrected chi connectivity index (χ3v) is 3.90. The van der Waals surface area contributed by atoms with Gasteiger partial charge in [0.15, 0.2) is 0 Å². The molecule has 0 bridgehead atoms. The van der Waals surface area contributed by atoms with Crippen LogP contribution in [0.3, 0.4) is 0 Å². The number of alkyl carbamates (subject to hydrolysis) is 1. The van der Waals surface area contributed by atoms with Gasteiger partial charge in [-0.25, -0.2) is 14.0 Å². The largest absolute Gasteiger partial charge is 0.447 e. The van der Waals surface area contributed by atoms with Crippen molar-refractivity contribution in [2.75, 3.05) is 18.1 Å². The highest BCUT2D eigenvalue weighted by molar-refractivity contribution is 14.1. The zero-order chi connectivity index (χ0) is 17.2. The number of anilines is 1. The molecule has 1 N–H and O–H groups in total. The first-order valence-electron chi connectivity index (χ1n) is 7.05.